The van der Waals surface area contributed by atoms with Crippen molar-refractivity contribution in [2.24, 2.45) is 0 Å². The summed E-state index contributed by atoms with van der Waals surface area (Å²) in [5.74, 6) is 0.330. The fourth-order valence-corrected chi connectivity index (χ4v) is 3.79. The van der Waals surface area contributed by atoms with E-state index in [9.17, 15) is 4.79 Å². The summed E-state index contributed by atoms with van der Waals surface area (Å²) in [7, 11) is 0. The normalized spacial score (nSPS) is 11.1. The van der Waals surface area contributed by atoms with Crippen molar-refractivity contribution in [3.8, 4) is 11.3 Å². The number of benzene rings is 2. The zero-order valence-corrected chi connectivity index (χ0v) is 17.2. The highest BCUT2D eigenvalue weighted by Gasteiger charge is 2.13. The Bertz CT molecular complexity index is 1160. The van der Waals surface area contributed by atoms with E-state index in [1.807, 2.05) is 25.1 Å². The summed E-state index contributed by atoms with van der Waals surface area (Å²) in [5, 5.41) is 14.3. The molecule has 0 spiro atoms. The monoisotopic (exact) mass is 454 g/mol. The van der Waals surface area contributed by atoms with Crippen molar-refractivity contribution in [2.75, 3.05) is 0 Å². The van der Waals surface area contributed by atoms with Crippen LogP contribution in [0.5, 0.6) is 0 Å². The van der Waals surface area contributed by atoms with Gasteiger partial charge in [-0.2, -0.15) is 9.50 Å². The number of nitrogens with zero attached hydrogens (tertiary/aromatic N) is 4. The molecule has 0 saturated heterocycles. The third-order valence-corrected chi connectivity index (χ3v) is 5.57. The van der Waals surface area contributed by atoms with Gasteiger partial charge in [0.25, 0.3) is 5.78 Å². The number of fused-ring (bicyclic) bond motifs is 1. The molecule has 0 saturated carbocycles. The Morgan fingerprint density at radius 3 is 2.50 bits per heavy atom. The lowest BCUT2D eigenvalue weighted by Gasteiger charge is -2.05. The molecule has 0 radical (unpaired) electrons. The van der Waals surface area contributed by atoms with Crippen molar-refractivity contribution in [1.82, 2.24) is 19.6 Å². The van der Waals surface area contributed by atoms with Crippen LogP contribution in [0.4, 0.5) is 0 Å². The molecule has 4 rings (SSSR count). The first kappa shape index (κ1) is 18.6. The van der Waals surface area contributed by atoms with Gasteiger partial charge in [0.15, 0.2) is 0 Å². The van der Waals surface area contributed by atoms with Crippen LogP contribution in [0.2, 0.25) is 0 Å². The summed E-state index contributed by atoms with van der Waals surface area (Å²) in [6.45, 7) is 1.90. The minimum Gasteiger partial charge on any atom is -0.478 e. The van der Waals surface area contributed by atoms with Crippen molar-refractivity contribution in [3.05, 3.63) is 75.9 Å². The molecule has 0 amide bonds. The maximum absolute atomic E-state index is 11.1. The lowest BCUT2D eigenvalue weighted by atomic mass is 10.1. The summed E-state index contributed by atoms with van der Waals surface area (Å²) in [5.41, 5.74) is 3.93. The quantitative estimate of drug-likeness (QED) is 0.434. The Morgan fingerprint density at radius 2 is 1.82 bits per heavy atom. The Morgan fingerprint density at radius 1 is 1.11 bits per heavy atom. The number of aromatic carboxylic acids is 1. The topological polar surface area (TPSA) is 80.4 Å². The van der Waals surface area contributed by atoms with Gasteiger partial charge in [0, 0.05) is 21.5 Å². The summed E-state index contributed by atoms with van der Waals surface area (Å²) in [6.07, 6.45) is 0. The molecule has 2 heterocycles. The summed E-state index contributed by atoms with van der Waals surface area (Å²) >= 11 is 4.98. The molecule has 0 bridgehead atoms. The second-order valence-electron chi connectivity index (χ2n) is 6.19. The van der Waals surface area contributed by atoms with Crippen LogP contribution < -0.4 is 0 Å². The molecular formula is C20H15BrN4O2S. The zero-order valence-electron chi connectivity index (χ0n) is 14.8. The average Bonchev–Trinajstić information content (AvgIpc) is 3.09. The van der Waals surface area contributed by atoms with E-state index in [1.54, 1.807) is 40.5 Å². The second kappa shape index (κ2) is 7.73. The Balaban J connectivity index is 1.66. The molecule has 0 aliphatic rings. The van der Waals surface area contributed by atoms with Crippen molar-refractivity contribution in [1.29, 1.82) is 0 Å². The van der Waals surface area contributed by atoms with Crippen LogP contribution in [-0.2, 0) is 5.75 Å². The predicted molar refractivity (Wildman–Crippen MR) is 112 cm³/mol. The Kier molecular flexibility index (Phi) is 5.15. The highest BCUT2D eigenvalue weighted by molar-refractivity contribution is 9.10. The molecule has 0 aliphatic carbocycles. The van der Waals surface area contributed by atoms with Gasteiger partial charge in [-0.25, -0.2) is 9.78 Å². The van der Waals surface area contributed by atoms with Gasteiger partial charge in [0.1, 0.15) is 0 Å². The van der Waals surface area contributed by atoms with E-state index in [0.29, 0.717) is 10.9 Å². The first-order chi connectivity index (χ1) is 13.5. The number of rotatable bonds is 5. The van der Waals surface area contributed by atoms with E-state index in [1.165, 1.54) is 5.56 Å². The first-order valence-electron chi connectivity index (χ1n) is 8.45. The molecule has 6 nitrogen and oxygen atoms in total. The number of aryl methyl sites for hydroxylation is 1. The van der Waals surface area contributed by atoms with Gasteiger partial charge in [0.05, 0.1) is 11.3 Å². The fraction of sp³-hybridized carbons (Fsp3) is 0.100. The predicted octanol–water partition coefficient (Wildman–Crippen LogP) is 4.85. The molecule has 28 heavy (non-hydrogen) atoms. The van der Waals surface area contributed by atoms with E-state index in [-0.39, 0.29) is 5.56 Å². The Hall–Kier alpha value is -2.71. The molecule has 8 heteroatoms. The lowest BCUT2D eigenvalue weighted by molar-refractivity contribution is 0.0697. The molecular weight excluding hydrogens is 440 g/mol. The highest BCUT2D eigenvalue weighted by Crippen LogP contribution is 2.25. The molecule has 140 valence electrons. The molecule has 0 aliphatic heterocycles. The van der Waals surface area contributed by atoms with E-state index in [2.05, 4.69) is 43.1 Å². The van der Waals surface area contributed by atoms with Gasteiger partial charge in [-0.15, -0.1) is 5.10 Å². The number of thioether (sulfide) groups is 1. The minimum atomic E-state index is -0.949. The van der Waals surface area contributed by atoms with Crippen LogP contribution in [0.25, 0.3) is 17.0 Å². The van der Waals surface area contributed by atoms with Crippen LogP contribution in [0.1, 0.15) is 21.6 Å². The summed E-state index contributed by atoms with van der Waals surface area (Å²) in [4.78, 5) is 20.1. The average molecular weight is 455 g/mol. The highest BCUT2D eigenvalue weighted by atomic mass is 79.9. The Labute approximate surface area is 173 Å². The van der Waals surface area contributed by atoms with E-state index >= 15 is 0 Å². The summed E-state index contributed by atoms with van der Waals surface area (Å²) < 4.78 is 2.75. The van der Waals surface area contributed by atoms with Gasteiger partial charge < -0.3 is 5.11 Å². The van der Waals surface area contributed by atoms with Gasteiger partial charge in [-0.3, -0.25) is 0 Å². The van der Waals surface area contributed by atoms with Crippen LogP contribution in [0.3, 0.4) is 0 Å². The molecule has 0 atom stereocenters. The van der Waals surface area contributed by atoms with Crippen molar-refractivity contribution in [2.45, 2.75) is 17.8 Å². The number of carboxylic acids is 1. The number of carboxylic acid groups (broad SMARTS) is 1. The standard InChI is InChI=1S/C20H15BrN4O2S/c1-12-10-17(14-4-6-15(7-5-14)18(26)27)25-19(22-12)23-20(24-25)28-11-13-2-8-16(21)9-3-13/h2-10H,11H2,1H3,(H,26,27). The van der Waals surface area contributed by atoms with E-state index in [4.69, 9.17) is 5.11 Å². The van der Waals surface area contributed by atoms with Crippen molar-refractivity contribution in [3.63, 3.8) is 0 Å². The molecule has 4 aromatic rings. The first-order valence-corrected chi connectivity index (χ1v) is 10.2. The molecule has 1 N–H and O–H groups in total. The van der Waals surface area contributed by atoms with Crippen LogP contribution in [0, 0.1) is 6.92 Å². The summed E-state index contributed by atoms with van der Waals surface area (Å²) in [6, 6.07) is 16.8. The molecule has 2 aromatic carbocycles. The minimum absolute atomic E-state index is 0.245. The number of carbonyl (C=O) groups is 1. The van der Waals surface area contributed by atoms with Gasteiger partial charge >= 0.3 is 5.97 Å². The van der Waals surface area contributed by atoms with Crippen molar-refractivity contribution >= 4 is 39.4 Å². The van der Waals surface area contributed by atoms with E-state index < -0.39 is 5.97 Å². The number of aromatic nitrogens is 4. The fourth-order valence-electron chi connectivity index (χ4n) is 2.75. The number of hydrogen-bond donors (Lipinski definition) is 1. The van der Waals surface area contributed by atoms with Gasteiger partial charge in [-0.1, -0.05) is 52.0 Å². The van der Waals surface area contributed by atoms with Crippen LogP contribution >= 0.6 is 27.7 Å². The molecule has 0 fully saturated rings. The lowest BCUT2D eigenvalue weighted by Crippen LogP contribution is -2.00. The number of halogens is 1. The third kappa shape index (κ3) is 3.93. The van der Waals surface area contributed by atoms with Crippen LogP contribution in [-0.4, -0.2) is 30.7 Å². The SMILES string of the molecule is Cc1cc(-c2ccc(C(=O)O)cc2)n2nc(SCc3ccc(Br)cc3)nc2n1. The molecule has 0 unspecified atom stereocenters. The van der Waals surface area contributed by atoms with E-state index in [0.717, 1.165) is 27.2 Å². The van der Waals surface area contributed by atoms with Crippen LogP contribution in [0.15, 0.2) is 64.2 Å². The maximum atomic E-state index is 11.1. The van der Waals surface area contributed by atoms with Crippen molar-refractivity contribution < 1.29 is 9.90 Å². The number of hydrogen-bond acceptors (Lipinski definition) is 5. The largest absolute Gasteiger partial charge is 0.478 e. The second-order valence-corrected chi connectivity index (χ2v) is 8.04. The third-order valence-electron chi connectivity index (χ3n) is 4.13. The van der Waals surface area contributed by atoms with Gasteiger partial charge in [-0.05, 0) is 42.8 Å². The zero-order chi connectivity index (χ0) is 19.7. The molecule has 2 aromatic heterocycles. The van der Waals surface area contributed by atoms with Gasteiger partial charge in [0.2, 0.25) is 5.16 Å². The maximum Gasteiger partial charge on any atom is 0.335 e. The smallest absolute Gasteiger partial charge is 0.335 e.